The lowest BCUT2D eigenvalue weighted by molar-refractivity contribution is 0.0693. The third-order valence-corrected chi connectivity index (χ3v) is 3.63. The number of hydrogen-bond acceptors (Lipinski definition) is 3. The Morgan fingerprint density at radius 3 is 2.81 bits per heavy atom. The molecule has 0 saturated carbocycles. The van der Waals surface area contributed by atoms with Crippen molar-refractivity contribution in [3.8, 4) is 0 Å². The van der Waals surface area contributed by atoms with Crippen LogP contribution < -0.4 is 0 Å². The molecule has 0 saturated heterocycles. The van der Waals surface area contributed by atoms with Gasteiger partial charge in [0.2, 0.25) is 0 Å². The molecule has 1 aromatic rings. The number of halogens is 1. The molecule has 5 heteroatoms. The van der Waals surface area contributed by atoms with Crippen molar-refractivity contribution >= 4 is 29.3 Å². The van der Waals surface area contributed by atoms with Crippen LogP contribution in [0.5, 0.6) is 0 Å². The molecule has 0 aliphatic heterocycles. The molecule has 16 heavy (non-hydrogen) atoms. The highest BCUT2D eigenvalue weighted by Gasteiger charge is 2.12. The number of rotatable bonds is 5. The summed E-state index contributed by atoms with van der Waals surface area (Å²) in [5.41, 5.74) is 0.250. The first kappa shape index (κ1) is 13.4. The van der Waals surface area contributed by atoms with Gasteiger partial charge in [0, 0.05) is 22.3 Å². The third kappa shape index (κ3) is 3.70. The summed E-state index contributed by atoms with van der Waals surface area (Å²) in [6.45, 7) is 1.99. The standard InChI is InChI=1S/C11H13ClO3S/c1-7(5-13)6-16-10-4-8(12)2-3-9(10)11(14)15/h2-4,7,13H,5-6H2,1H3,(H,14,15). The van der Waals surface area contributed by atoms with Crippen molar-refractivity contribution in [1.29, 1.82) is 0 Å². The van der Waals surface area contributed by atoms with Gasteiger partial charge in [-0.2, -0.15) is 0 Å². The minimum absolute atomic E-state index is 0.0932. The summed E-state index contributed by atoms with van der Waals surface area (Å²) in [7, 11) is 0. The van der Waals surface area contributed by atoms with E-state index in [4.69, 9.17) is 21.8 Å². The quantitative estimate of drug-likeness (QED) is 0.800. The predicted molar refractivity (Wildman–Crippen MR) is 65.4 cm³/mol. The van der Waals surface area contributed by atoms with E-state index in [1.165, 1.54) is 17.8 Å². The van der Waals surface area contributed by atoms with Crippen molar-refractivity contribution in [2.24, 2.45) is 5.92 Å². The van der Waals surface area contributed by atoms with Gasteiger partial charge in [-0.25, -0.2) is 4.79 Å². The molecule has 0 heterocycles. The molecule has 0 aliphatic rings. The zero-order valence-corrected chi connectivity index (χ0v) is 10.4. The molecule has 1 aromatic carbocycles. The van der Waals surface area contributed by atoms with Gasteiger partial charge in [0.05, 0.1) is 5.56 Å². The Balaban J connectivity index is 2.84. The van der Waals surface area contributed by atoms with E-state index in [2.05, 4.69) is 0 Å². The van der Waals surface area contributed by atoms with Crippen LogP contribution in [0.4, 0.5) is 0 Å². The van der Waals surface area contributed by atoms with Crippen molar-refractivity contribution < 1.29 is 15.0 Å². The van der Waals surface area contributed by atoms with Gasteiger partial charge >= 0.3 is 5.97 Å². The maximum Gasteiger partial charge on any atom is 0.336 e. The summed E-state index contributed by atoms with van der Waals surface area (Å²) in [6, 6.07) is 4.70. The third-order valence-electron chi connectivity index (χ3n) is 2.01. The minimum atomic E-state index is -0.962. The summed E-state index contributed by atoms with van der Waals surface area (Å²) < 4.78 is 0. The summed E-state index contributed by atoms with van der Waals surface area (Å²) >= 11 is 7.21. The van der Waals surface area contributed by atoms with Crippen LogP contribution in [0, 0.1) is 5.92 Å². The molecule has 0 aromatic heterocycles. The van der Waals surface area contributed by atoms with E-state index in [9.17, 15) is 4.79 Å². The van der Waals surface area contributed by atoms with Crippen molar-refractivity contribution in [3.05, 3.63) is 28.8 Å². The van der Waals surface area contributed by atoms with Crippen LogP contribution in [-0.2, 0) is 0 Å². The molecule has 1 unspecified atom stereocenters. The SMILES string of the molecule is CC(CO)CSc1cc(Cl)ccc1C(=O)O. The van der Waals surface area contributed by atoms with Crippen LogP contribution in [0.1, 0.15) is 17.3 Å². The molecule has 0 radical (unpaired) electrons. The summed E-state index contributed by atoms with van der Waals surface area (Å²) in [5, 5.41) is 18.4. The van der Waals surface area contributed by atoms with Crippen LogP contribution in [0.2, 0.25) is 5.02 Å². The Bertz CT molecular complexity index is 381. The minimum Gasteiger partial charge on any atom is -0.478 e. The Kier molecular flexibility index (Phi) is 5.12. The van der Waals surface area contributed by atoms with E-state index in [0.717, 1.165) is 0 Å². The molecule has 88 valence electrons. The molecule has 1 atom stereocenters. The topological polar surface area (TPSA) is 57.5 Å². The average molecular weight is 261 g/mol. The van der Waals surface area contributed by atoms with Gasteiger partial charge in [-0.3, -0.25) is 0 Å². The number of carboxylic acid groups (broad SMARTS) is 1. The zero-order chi connectivity index (χ0) is 12.1. The number of carbonyl (C=O) groups is 1. The van der Waals surface area contributed by atoms with Crippen LogP contribution >= 0.6 is 23.4 Å². The van der Waals surface area contributed by atoms with Crippen LogP contribution in [0.25, 0.3) is 0 Å². The largest absolute Gasteiger partial charge is 0.478 e. The zero-order valence-electron chi connectivity index (χ0n) is 8.81. The van der Waals surface area contributed by atoms with Gasteiger partial charge in [0.15, 0.2) is 0 Å². The fourth-order valence-electron chi connectivity index (χ4n) is 1.08. The molecular formula is C11H13ClO3S. The number of benzene rings is 1. The fraction of sp³-hybridized carbons (Fsp3) is 0.364. The summed E-state index contributed by atoms with van der Waals surface area (Å²) in [5.74, 6) is -0.168. The Labute approximate surface area is 103 Å². The Morgan fingerprint density at radius 1 is 1.56 bits per heavy atom. The second-order valence-corrected chi connectivity index (χ2v) is 5.04. The van der Waals surface area contributed by atoms with E-state index in [1.807, 2.05) is 6.92 Å². The predicted octanol–water partition coefficient (Wildman–Crippen LogP) is 2.76. The molecule has 0 bridgehead atoms. The number of aromatic carboxylic acids is 1. The normalized spacial score (nSPS) is 12.4. The number of hydrogen-bond donors (Lipinski definition) is 2. The van der Waals surface area contributed by atoms with Gasteiger partial charge in [-0.1, -0.05) is 18.5 Å². The van der Waals surface area contributed by atoms with E-state index in [-0.39, 0.29) is 18.1 Å². The van der Waals surface area contributed by atoms with Crippen LogP contribution in [-0.4, -0.2) is 28.5 Å². The lowest BCUT2D eigenvalue weighted by Gasteiger charge is -2.09. The summed E-state index contributed by atoms with van der Waals surface area (Å²) in [6.07, 6.45) is 0. The van der Waals surface area contributed by atoms with Crippen molar-refractivity contribution in [1.82, 2.24) is 0 Å². The molecule has 0 aliphatic carbocycles. The highest BCUT2D eigenvalue weighted by molar-refractivity contribution is 7.99. The monoisotopic (exact) mass is 260 g/mol. The van der Waals surface area contributed by atoms with Crippen molar-refractivity contribution in [3.63, 3.8) is 0 Å². The van der Waals surface area contributed by atoms with E-state index >= 15 is 0 Å². The van der Waals surface area contributed by atoms with Crippen molar-refractivity contribution in [2.75, 3.05) is 12.4 Å². The van der Waals surface area contributed by atoms with Gasteiger partial charge in [-0.15, -0.1) is 11.8 Å². The number of aliphatic hydroxyl groups excluding tert-OH is 1. The number of carboxylic acids is 1. The lowest BCUT2D eigenvalue weighted by Crippen LogP contribution is -2.05. The summed E-state index contributed by atoms with van der Waals surface area (Å²) in [4.78, 5) is 11.6. The number of thioether (sulfide) groups is 1. The Morgan fingerprint density at radius 2 is 2.25 bits per heavy atom. The Hall–Kier alpha value is -0.710. The van der Waals surface area contributed by atoms with E-state index in [1.54, 1.807) is 12.1 Å². The lowest BCUT2D eigenvalue weighted by atomic mass is 10.2. The van der Waals surface area contributed by atoms with E-state index in [0.29, 0.717) is 15.7 Å². The highest BCUT2D eigenvalue weighted by Crippen LogP contribution is 2.27. The molecule has 3 nitrogen and oxygen atoms in total. The second-order valence-electron chi connectivity index (χ2n) is 3.54. The smallest absolute Gasteiger partial charge is 0.336 e. The fourth-order valence-corrected chi connectivity index (χ4v) is 2.40. The van der Waals surface area contributed by atoms with Crippen molar-refractivity contribution in [2.45, 2.75) is 11.8 Å². The maximum absolute atomic E-state index is 10.9. The first-order valence-electron chi connectivity index (χ1n) is 4.81. The average Bonchev–Trinajstić information content (AvgIpc) is 2.25. The second kappa shape index (κ2) is 6.13. The molecule has 0 spiro atoms. The molecular weight excluding hydrogens is 248 g/mol. The molecule has 0 amide bonds. The van der Waals surface area contributed by atoms with E-state index < -0.39 is 5.97 Å². The van der Waals surface area contributed by atoms with Gasteiger partial charge in [-0.05, 0) is 24.1 Å². The first-order chi connectivity index (χ1) is 7.54. The maximum atomic E-state index is 10.9. The molecule has 2 N–H and O–H groups in total. The molecule has 1 rings (SSSR count). The van der Waals surface area contributed by atoms with Crippen LogP contribution in [0.15, 0.2) is 23.1 Å². The number of aliphatic hydroxyl groups is 1. The first-order valence-corrected chi connectivity index (χ1v) is 6.17. The highest BCUT2D eigenvalue weighted by atomic mass is 35.5. The van der Waals surface area contributed by atoms with Crippen LogP contribution in [0.3, 0.4) is 0 Å². The van der Waals surface area contributed by atoms with Gasteiger partial charge in [0.25, 0.3) is 0 Å². The molecule has 0 fully saturated rings. The van der Waals surface area contributed by atoms with Gasteiger partial charge < -0.3 is 10.2 Å². The van der Waals surface area contributed by atoms with Gasteiger partial charge in [0.1, 0.15) is 0 Å².